The smallest absolute Gasteiger partial charge is 0.335 e. The molecular formula is C18H15NO5. The molecule has 2 aromatic carbocycles. The monoisotopic (exact) mass is 325 g/mol. The van der Waals surface area contributed by atoms with Gasteiger partial charge in [-0.2, -0.15) is 0 Å². The van der Waals surface area contributed by atoms with E-state index in [0.717, 1.165) is 5.56 Å². The van der Waals surface area contributed by atoms with Gasteiger partial charge in [-0.25, -0.2) is 4.79 Å². The number of carboxylic acid groups (broad SMARTS) is 2. The molecule has 0 aliphatic carbocycles. The van der Waals surface area contributed by atoms with Crippen molar-refractivity contribution < 1.29 is 24.5 Å². The Morgan fingerprint density at radius 1 is 1.12 bits per heavy atom. The van der Waals surface area contributed by atoms with E-state index in [0.29, 0.717) is 27.9 Å². The number of aromatic nitrogens is 1. The zero-order valence-corrected chi connectivity index (χ0v) is 12.9. The first kappa shape index (κ1) is 15.6. The maximum atomic E-state index is 11.3. The standard InChI is InChI=1S/C18H15NO5/c1-24-12-4-2-3-10(7-12)17-14(9-16(20)21)13-8-11(18(22)23)5-6-15(13)19-17/h2-8,19H,9H2,1H3,(H,20,21)(H,22,23). The number of aliphatic carboxylic acids is 1. The number of fused-ring (bicyclic) bond motifs is 1. The van der Waals surface area contributed by atoms with Gasteiger partial charge >= 0.3 is 11.9 Å². The van der Waals surface area contributed by atoms with Gasteiger partial charge in [0.05, 0.1) is 24.8 Å². The van der Waals surface area contributed by atoms with Crippen LogP contribution in [0.1, 0.15) is 15.9 Å². The van der Waals surface area contributed by atoms with Crippen LogP contribution in [0.3, 0.4) is 0 Å². The Hall–Kier alpha value is -3.28. The Bertz CT molecular complexity index is 942. The van der Waals surface area contributed by atoms with Crippen LogP contribution in [0.25, 0.3) is 22.2 Å². The maximum absolute atomic E-state index is 11.3. The molecule has 0 saturated heterocycles. The first-order chi connectivity index (χ1) is 11.5. The largest absolute Gasteiger partial charge is 0.497 e. The summed E-state index contributed by atoms with van der Waals surface area (Å²) in [5, 5.41) is 19.0. The fourth-order valence-electron chi connectivity index (χ4n) is 2.74. The van der Waals surface area contributed by atoms with Crippen LogP contribution in [0.5, 0.6) is 5.75 Å². The molecule has 0 amide bonds. The summed E-state index contributed by atoms with van der Waals surface area (Å²) in [6, 6.07) is 11.9. The third-order valence-electron chi connectivity index (χ3n) is 3.84. The summed E-state index contributed by atoms with van der Waals surface area (Å²) in [6.45, 7) is 0. The third kappa shape index (κ3) is 2.81. The fourth-order valence-corrected chi connectivity index (χ4v) is 2.74. The highest BCUT2D eigenvalue weighted by atomic mass is 16.5. The van der Waals surface area contributed by atoms with E-state index in [4.69, 9.17) is 9.84 Å². The number of carbonyl (C=O) groups is 2. The second-order valence-electron chi connectivity index (χ2n) is 5.35. The van der Waals surface area contributed by atoms with E-state index >= 15 is 0 Å². The number of ether oxygens (including phenoxy) is 1. The van der Waals surface area contributed by atoms with Gasteiger partial charge in [-0.3, -0.25) is 4.79 Å². The number of hydrogen-bond acceptors (Lipinski definition) is 3. The molecule has 24 heavy (non-hydrogen) atoms. The van der Waals surface area contributed by atoms with Crippen molar-refractivity contribution in [1.82, 2.24) is 4.98 Å². The van der Waals surface area contributed by atoms with Crippen molar-refractivity contribution in [3.8, 4) is 17.0 Å². The summed E-state index contributed by atoms with van der Waals surface area (Å²) in [5.41, 5.74) is 2.78. The van der Waals surface area contributed by atoms with Gasteiger partial charge in [0.15, 0.2) is 0 Å². The molecule has 0 fully saturated rings. The number of nitrogens with one attached hydrogen (secondary N) is 1. The van der Waals surface area contributed by atoms with E-state index in [1.807, 2.05) is 12.1 Å². The number of rotatable bonds is 5. The van der Waals surface area contributed by atoms with Crippen molar-refractivity contribution in [3.05, 3.63) is 53.6 Å². The van der Waals surface area contributed by atoms with Gasteiger partial charge in [0.25, 0.3) is 0 Å². The van der Waals surface area contributed by atoms with E-state index in [1.54, 1.807) is 25.3 Å². The Labute approximate surface area is 137 Å². The minimum Gasteiger partial charge on any atom is -0.497 e. The van der Waals surface area contributed by atoms with Gasteiger partial charge < -0.3 is 19.9 Å². The predicted molar refractivity (Wildman–Crippen MR) is 88.6 cm³/mol. The van der Waals surface area contributed by atoms with Crippen LogP contribution in [0.2, 0.25) is 0 Å². The lowest BCUT2D eigenvalue weighted by Gasteiger charge is -2.05. The zero-order chi connectivity index (χ0) is 17.3. The Morgan fingerprint density at radius 3 is 2.58 bits per heavy atom. The van der Waals surface area contributed by atoms with Crippen LogP contribution in [-0.2, 0) is 11.2 Å². The van der Waals surface area contributed by atoms with E-state index in [-0.39, 0.29) is 12.0 Å². The number of carboxylic acids is 2. The molecule has 122 valence electrons. The molecule has 0 atom stereocenters. The number of aromatic carboxylic acids is 1. The van der Waals surface area contributed by atoms with Gasteiger partial charge in [-0.15, -0.1) is 0 Å². The average molecular weight is 325 g/mol. The molecule has 0 bridgehead atoms. The number of hydrogen-bond donors (Lipinski definition) is 3. The van der Waals surface area contributed by atoms with Crippen LogP contribution < -0.4 is 4.74 Å². The highest BCUT2D eigenvalue weighted by molar-refractivity contribution is 5.99. The Balaban J connectivity index is 2.25. The van der Waals surface area contributed by atoms with E-state index in [9.17, 15) is 14.7 Å². The first-order valence-corrected chi connectivity index (χ1v) is 7.23. The number of benzene rings is 2. The van der Waals surface area contributed by atoms with Crippen LogP contribution in [0.15, 0.2) is 42.5 Å². The molecule has 6 nitrogen and oxygen atoms in total. The van der Waals surface area contributed by atoms with Crippen molar-refractivity contribution in [3.63, 3.8) is 0 Å². The molecule has 1 aromatic heterocycles. The number of H-pyrrole nitrogens is 1. The molecule has 0 spiro atoms. The molecule has 3 aromatic rings. The summed E-state index contributed by atoms with van der Waals surface area (Å²) < 4.78 is 5.21. The normalized spacial score (nSPS) is 10.7. The highest BCUT2D eigenvalue weighted by Crippen LogP contribution is 2.33. The minimum absolute atomic E-state index is 0.116. The minimum atomic E-state index is -1.05. The van der Waals surface area contributed by atoms with E-state index in [2.05, 4.69) is 4.98 Å². The summed E-state index contributed by atoms with van der Waals surface area (Å²) in [6.07, 6.45) is -0.213. The Kier molecular flexibility index (Phi) is 3.95. The molecule has 6 heteroatoms. The SMILES string of the molecule is COc1cccc(-c2[nH]c3ccc(C(=O)O)cc3c2CC(=O)O)c1. The summed E-state index contributed by atoms with van der Waals surface area (Å²) >= 11 is 0. The van der Waals surface area contributed by atoms with E-state index in [1.165, 1.54) is 12.1 Å². The Morgan fingerprint density at radius 2 is 1.92 bits per heavy atom. The highest BCUT2D eigenvalue weighted by Gasteiger charge is 2.17. The third-order valence-corrected chi connectivity index (χ3v) is 3.84. The van der Waals surface area contributed by atoms with Gasteiger partial charge in [-0.1, -0.05) is 12.1 Å². The maximum Gasteiger partial charge on any atom is 0.335 e. The zero-order valence-electron chi connectivity index (χ0n) is 12.9. The summed E-state index contributed by atoms with van der Waals surface area (Å²) in [7, 11) is 1.56. The van der Waals surface area contributed by atoms with Crippen LogP contribution in [0.4, 0.5) is 0 Å². The second-order valence-corrected chi connectivity index (χ2v) is 5.35. The molecule has 3 N–H and O–H groups in total. The molecular weight excluding hydrogens is 310 g/mol. The topological polar surface area (TPSA) is 99.6 Å². The van der Waals surface area contributed by atoms with Crippen molar-refractivity contribution in [2.75, 3.05) is 7.11 Å². The summed E-state index contributed by atoms with van der Waals surface area (Å²) in [5.74, 6) is -1.39. The van der Waals surface area contributed by atoms with Crippen molar-refractivity contribution in [1.29, 1.82) is 0 Å². The molecule has 0 saturated carbocycles. The molecule has 3 rings (SSSR count). The predicted octanol–water partition coefficient (Wildman–Crippen LogP) is 3.17. The number of methoxy groups -OCH3 is 1. The summed E-state index contributed by atoms with van der Waals surface area (Å²) in [4.78, 5) is 25.7. The van der Waals surface area contributed by atoms with Crippen LogP contribution in [-0.4, -0.2) is 34.2 Å². The lowest BCUT2D eigenvalue weighted by molar-refractivity contribution is -0.136. The van der Waals surface area contributed by atoms with Gasteiger partial charge in [0, 0.05) is 16.5 Å². The van der Waals surface area contributed by atoms with Crippen molar-refractivity contribution in [2.45, 2.75) is 6.42 Å². The van der Waals surface area contributed by atoms with E-state index < -0.39 is 11.9 Å². The first-order valence-electron chi connectivity index (χ1n) is 7.23. The van der Waals surface area contributed by atoms with Crippen LogP contribution in [0, 0.1) is 0 Å². The van der Waals surface area contributed by atoms with Crippen LogP contribution >= 0.6 is 0 Å². The lowest BCUT2D eigenvalue weighted by Crippen LogP contribution is -2.01. The molecule has 1 heterocycles. The number of aromatic amines is 1. The average Bonchev–Trinajstić information content (AvgIpc) is 2.92. The van der Waals surface area contributed by atoms with Gasteiger partial charge in [0.2, 0.25) is 0 Å². The quantitative estimate of drug-likeness (QED) is 0.669. The molecule has 0 radical (unpaired) electrons. The molecule has 0 aliphatic heterocycles. The second kappa shape index (κ2) is 6.08. The lowest BCUT2D eigenvalue weighted by atomic mass is 10.0. The van der Waals surface area contributed by atoms with Crippen molar-refractivity contribution in [2.24, 2.45) is 0 Å². The van der Waals surface area contributed by atoms with Gasteiger partial charge in [0.1, 0.15) is 5.75 Å². The van der Waals surface area contributed by atoms with Crippen molar-refractivity contribution >= 4 is 22.8 Å². The fraction of sp³-hybridized carbons (Fsp3) is 0.111. The molecule has 0 unspecified atom stereocenters. The van der Waals surface area contributed by atoms with Gasteiger partial charge in [-0.05, 0) is 35.9 Å². The molecule has 0 aliphatic rings.